The van der Waals surface area contributed by atoms with Crippen LogP contribution in [0.25, 0.3) is 0 Å². The van der Waals surface area contributed by atoms with Crippen LogP contribution in [0.4, 0.5) is 0 Å². The minimum absolute atomic E-state index is 0.0346. The average molecular weight is 122 g/mol. The molecule has 9 heavy (non-hydrogen) atoms. The van der Waals surface area contributed by atoms with Gasteiger partial charge in [0.1, 0.15) is 0 Å². The van der Waals surface area contributed by atoms with Gasteiger partial charge in [-0.2, -0.15) is 0 Å². The molecule has 1 N–H and O–H groups in total. The fourth-order valence-corrected chi connectivity index (χ4v) is 0.637. The maximum absolute atomic E-state index is 10.6. The van der Waals surface area contributed by atoms with Crippen LogP contribution < -0.4 is 5.43 Å². The molecule has 0 fully saturated rings. The Morgan fingerprint density at radius 3 is 2.89 bits per heavy atom. The Bertz CT molecular complexity index is 239. The molecule has 0 atom stereocenters. The molecular weight excluding hydrogens is 114 g/mol. The molecule has 0 spiro atoms. The number of aromatic amines is 1. The highest BCUT2D eigenvalue weighted by atomic mass is 16.1. The summed E-state index contributed by atoms with van der Waals surface area (Å²) in [6, 6.07) is 3.03. The molecule has 0 aliphatic heterocycles. The highest BCUT2D eigenvalue weighted by molar-refractivity contribution is 5.04. The van der Waals surface area contributed by atoms with Crippen LogP contribution in [0.15, 0.2) is 23.1 Å². The van der Waals surface area contributed by atoms with Crippen molar-refractivity contribution in [1.82, 2.24) is 4.98 Å². The molecule has 0 amide bonds. The van der Waals surface area contributed by atoms with Gasteiger partial charge in [0.05, 0.1) is 0 Å². The standard InChI is InChI=1S/C7H8NO/c1-2-6-5-7(9)3-4-8-6/h3-5H,1-2H2,(H,8,9). The van der Waals surface area contributed by atoms with Crippen molar-refractivity contribution in [1.29, 1.82) is 0 Å². The number of hydrogen-bond acceptors (Lipinski definition) is 1. The molecule has 47 valence electrons. The molecule has 2 nitrogen and oxygen atoms in total. The molecule has 1 heterocycles. The number of pyridine rings is 1. The van der Waals surface area contributed by atoms with Crippen molar-refractivity contribution in [2.75, 3.05) is 0 Å². The first kappa shape index (κ1) is 6.08. The van der Waals surface area contributed by atoms with Gasteiger partial charge in [0, 0.05) is 24.0 Å². The molecular formula is C7H8NO. The first-order chi connectivity index (χ1) is 4.33. The van der Waals surface area contributed by atoms with E-state index in [2.05, 4.69) is 11.9 Å². The Labute approximate surface area is 53.5 Å². The zero-order chi connectivity index (χ0) is 6.69. The lowest BCUT2D eigenvalue weighted by Gasteiger charge is -1.90. The van der Waals surface area contributed by atoms with Gasteiger partial charge in [-0.1, -0.05) is 0 Å². The quantitative estimate of drug-likeness (QED) is 0.585. The summed E-state index contributed by atoms with van der Waals surface area (Å²) in [6.45, 7) is 3.63. The zero-order valence-electron chi connectivity index (χ0n) is 5.05. The van der Waals surface area contributed by atoms with E-state index in [4.69, 9.17) is 0 Å². The van der Waals surface area contributed by atoms with Gasteiger partial charge in [0.15, 0.2) is 5.43 Å². The van der Waals surface area contributed by atoms with Crippen molar-refractivity contribution >= 4 is 0 Å². The lowest BCUT2D eigenvalue weighted by molar-refractivity contribution is 1.10. The summed E-state index contributed by atoms with van der Waals surface area (Å²) < 4.78 is 0. The van der Waals surface area contributed by atoms with Crippen LogP contribution in [0.3, 0.4) is 0 Å². The first-order valence-corrected chi connectivity index (χ1v) is 2.80. The normalized spacial score (nSPS) is 9.44. The van der Waals surface area contributed by atoms with E-state index >= 15 is 0 Å². The van der Waals surface area contributed by atoms with Crippen molar-refractivity contribution in [3.05, 3.63) is 41.2 Å². The minimum Gasteiger partial charge on any atom is -0.365 e. The van der Waals surface area contributed by atoms with Gasteiger partial charge in [-0.05, 0) is 13.3 Å². The molecule has 1 radical (unpaired) electrons. The topological polar surface area (TPSA) is 32.9 Å². The maximum Gasteiger partial charge on any atom is 0.181 e. The lowest BCUT2D eigenvalue weighted by Crippen LogP contribution is -1.99. The molecule has 1 aromatic rings. The van der Waals surface area contributed by atoms with Crippen molar-refractivity contribution in [2.45, 2.75) is 6.42 Å². The van der Waals surface area contributed by atoms with Gasteiger partial charge < -0.3 is 4.98 Å². The van der Waals surface area contributed by atoms with Crippen molar-refractivity contribution in [3.63, 3.8) is 0 Å². The van der Waals surface area contributed by atoms with Crippen molar-refractivity contribution < 1.29 is 0 Å². The average Bonchev–Trinajstić information content (AvgIpc) is 1.88. The van der Waals surface area contributed by atoms with Gasteiger partial charge in [-0.25, -0.2) is 0 Å². The second kappa shape index (κ2) is 2.49. The van der Waals surface area contributed by atoms with E-state index in [1.807, 2.05) is 0 Å². The van der Waals surface area contributed by atoms with Crippen LogP contribution in [-0.2, 0) is 6.42 Å². The Kier molecular flexibility index (Phi) is 1.68. The minimum atomic E-state index is 0.0346. The molecule has 0 aromatic carbocycles. The second-order valence-corrected chi connectivity index (χ2v) is 1.80. The fraction of sp³-hybridized carbons (Fsp3) is 0.143. The molecule has 1 rings (SSSR count). The fourth-order valence-electron chi connectivity index (χ4n) is 0.637. The smallest absolute Gasteiger partial charge is 0.181 e. The van der Waals surface area contributed by atoms with Crippen LogP contribution in [0.2, 0.25) is 0 Å². The van der Waals surface area contributed by atoms with E-state index in [0.717, 1.165) is 5.69 Å². The lowest BCUT2D eigenvalue weighted by atomic mass is 10.3. The summed E-state index contributed by atoms with van der Waals surface area (Å²) in [6.07, 6.45) is 2.26. The molecule has 0 aliphatic rings. The van der Waals surface area contributed by atoms with E-state index in [9.17, 15) is 4.79 Å². The molecule has 0 aliphatic carbocycles. The number of nitrogens with one attached hydrogen (secondary N) is 1. The maximum atomic E-state index is 10.6. The molecule has 0 bridgehead atoms. The highest BCUT2D eigenvalue weighted by Gasteiger charge is 1.85. The van der Waals surface area contributed by atoms with Gasteiger partial charge in [-0.15, -0.1) is 0 Å². The third-order valence-electron chi connectivity index (χ3n) is 1.10. The van der Waals surface area contributed by atoms with Crippen LogP contribution >= 0.6 is 0 Å². The summed E-state index contributed by atoms with van der Waals surface area (Å²) in [5.41, 5.74) is 0.912. The molecule has 0 unspecified atom stereocenters. The molecule has 1 aromatic heterocycles. The SMILES string of the molecule is [CH2]Cc1cc(=O)cc[nH]1. The summed E-state index contributed by atoms with van der Waals surface area (Å²) in [4.78, 5) is 13.5. The second-order valence-electron chi connectivity index (χ2n) is 1.80. The monoisotopic (exact) mass is 122 g/mol. The largest absolute Gasteiger partial charge is 0.365 e. The summed E-state index contributed by atoms with van der Waals surface area (Å²) in [7, 11) is 0. The van der Waals surface area contributed by atoms with E-state index in [1.165, 1.54) is 6.07 Å². The van der Waals surface area contributed by atoms with E-state index < -0.39 is 0 Å². The number of H-pyrrole nitrogens is 1. The highest BCUT2D eigenvalue weighted by Crippen LogP contribution is 1.86. The summed E-state index contributed by atoms with van der Waals surface area (Å²) >= 11 is 0. The predicted octanol–water partition coefficient (Wildman–Crippen LogP) is 0.751. The van der Waals surface area contributed by atoms with Gasteiger partial charge in [0.2, 0.25) is 0 Å². The van der Waals surface area contributed by atoms with Crippen LogP contribution in [0, 0.1) is 6.92 Å². The molecule has 0 saturated carbocycles. The number of rotatable bonds is 1. The Hall–Kier alpha value is -1.05. The first-order valence-electron chi connectivity index (χ1n) is 2.80. The van der Waals surface area contributed by atoms with Crippen LogP contribution in [0.1, 0.15) is 5.69 Å². The van der Waals surface area contributed by atoms with Crippen molar-refractivity contribution in [3.8, 4) is 0 Å². The number of aromatic nitrogens is 1. The van der Waals surface area contributed by atoms with E-state index in [-0.39, 0.29) is 5.43 Å². The third kappa shape index (κ3) is 1.42. The van der Waals surface area contributed by atoms with Gasteiger partial charge in [0.25, 0.3) is 0 Å². The van der Waals surface area contributed by atoms with Gasteiger partial charge >= 0.3 is 0 Å². The van der Waals surface area contributed by atoms with Crippen LogP contribution in [-0.4, -0.2) is 4.98 Å². The van der Waals surface area contributed by atoms with Crippen LogP contribution in [0.5, 0.6) is 0 Å². The Morgan fingerprint density at radius 2 is 2.44 bits per heavy atom. The summed E-state index contributed by atoms with van der Waals surface area (Å²) in [5.74, 6) is 0. The third-order valence-corrected chi connectivity index (χ3v) is 1.10. The van der Waals surface area contributed by atoms with Crippen molar-refractivity contribution in [2.24, 2.45) is 0 Å². The van der Waals surface area contributed by atoms with Gasteiger partial charge in [-0.3, -0.25) is 4.79 Å². The molecule has 0 saturated heterocycles. The zero-order valence-corrected chi connectivity index (χ0v) is 5.05. The Morgan fingerprint density at radius 1 is 1.67 bits per heavy atom. The predicted molar refractivity (Wildman–Crippen MR) is 36.1 cm³/mol. The van der Waals surface area contributed by atoms with E-state index in [1.54, 1.807) is 12.3 Å². The number of hydrogen-bond donors (Lipinski definition) is 1. The molecule has 2 heteroatoms. The van der Waals surface area contributed by atoms with E-state index in [0.29, 0.717) is 6.42 Å². The Balaban J connectivity index is 3.08. The summed E-state index contributed by atoms with van der Waals surface area (Å²) in [5, 5.41) is 0.